The quantitative estimate of drug-likeness (QED) is 0.758. The fraction of sp³-hybridized carbons (Fsp3) is 0.304. The van der Waals surface area contributed by atoms with E-state index in [1.54, 1.807) is 0 Å². The first-order valence-corrected chi connectivity index (χ1v) is 9.98. The summed E-state index contributed by atoms with van der Waals surface area (Å²) >= 11 is 0. The molecule has 3 aromatic rings. The second-order valence-corrected chi connectivity index (χ2v) is 7.62. The Hall–Kier alpha value is -3.08. The Labute approximate surface area is 163 Å². The third-order valence-electron chi connectivity index (χ3n) is 6.00. The second-order valence-electron chi connectivity index (χ2n) is 7.62. The minimum absolute atomic E-state index is 0.0140. The Bertz CT molecular complexity index is 1050. The van der Waals surface area contributed by atoms with Crippen LogP contribution in [-0.2, 0) is 4.79 Å². The summed E-state index contributed by atoms with van der Waals surface area (Å²) in [4.78, 5) is 32.9. The summed E-state index contributed by atoms with van der Waals surface area (Å²) in [5.74, 6) is 0.166. The number of amides is 2. The molecule has 1 atom stereocenters. The van der Waals surface area contributed by atoms with Crippen LogP contribution in [0.2, 0.25) is 0 Å². The maximum atomic E-state index is 13.2. The van der Waals surface area contributed by atoms with E-state index >= 15 is 0 Å². The van der Waals surface area contributed by atoms with Crippen LogP contribution >= 0.6 is 0 Å². The Kier molecular flexibility index (Phi) is 4.15. The molecule has 1 saturated heterocycles. The number of para-hydroxylation sites is 1. The van der Waals surface area contributed by atoms with E-state index in [4.69, 9.17) is 0 Å². The minimum atomic E-state index is -0.161. The molecule has 3 heterocycles. The molecule has 0 bridgehead atoms. The van der Waals surface area contributed by atoms with Crippen molar-refractivity contribution in [2.75, 3.05) is 19.6 Å². The van der Waals surface area contributed by atoms with Gasteiger partial charge in [-0.1, -0.05) is 36.4 Å². The number of nitrogens with one attached hydrogen (secondary N) is 1. The highest BCUT2D eigenvalue weighted by molar-refractivity contribution is 6.01. The van der Waals surface area contributed by atoms with Crippen LogP contribution in [0.25, 0.3) is 10.9 Å². The van der Waals surface area contributed by atoms with E-state index in [2.05, 4.69) is 11.1 Å². The van der Waals surface area contributed by atoms with Gasteiger partial charge in [0.15, 0.2) is 0 Å². The van der Waals surface area contributed by atoms with Crippen molar-refractivity contribution in [1.82, 2.24) is 14.8 Å². The van der Waals surface area contributed by atoms with Crippen molar-refractivity contribution >= 4 is 22.7 Å². The summed E-state index contributed by atoms with van der Waals surface area (Å²) < 4.78 is 0. The van der Waals surface area contributed by atoms with Crippen LogP contribution in [0.15, 0.2) is 54.7 Å². The van der Waals surface area contributed by atoms with Gasteiger partial charge in [0.1, 0.15) is 0 Å². The number of aromatic nitrogens is 1. The Morgan fingerprint density at radius 3 is 2.61 bits per heavy atom. The standard InChI is InChI=1S/C23H23N3O2/c27-21(25-12-5-6-13-25)11-14-26-22(17-8-1-2-9-18(17)23(26)28)19-15-24-20-10-4-3-7-16(19)20/h1-4,7-10,15,22,24H,5-6,11-14H2. The number of carbonyl (C=O) groups excluding carboxylic acids is 2. The highest BCUT2D eigenvalue weighted by Crippen LogP contribution is 2.41. The predicted octanol–water partition coefficient (Wildman–Crippen LogP) is 3.73. The number of fused-ring (bicyclic) bond motifs is 2. The zero-order valence-electron chi connectivity index (χ0n) is 15.7. The number of likely N-dealkylation sites (tertiary alicyclic amines) is 1. The second kappa shape index (κ2) is 6.82. The fourth-order valence-electron chi connectivity index (χ4n) is 4.60. The molecular weight excluding hydrogens is 350 g/mol. The smallest absolute Gasteiger partial charge is 0.255 e. The molecule has 5 rings (SSSR count). The van der Waals surface area contributed by atoms with Crippen molar-refractivity contribution in [3.8, 4) is 0 Å². The first-order valence-electron chi connectivity index (χ1n) is 9.98. The molecule has 2 aliphatic rings. The van der Waals surface area contributed by atoms with Crippen LogP contribution in [0.1, 0.15) is 46.8 Å². The largest absolute Gasteiger partial charge is 0.361 e. The van der Waals surface area contributed by atoms with Gasteiger partial charge in [0, 0.05) is 54.3 Å². The third-order valence-corrected chi connectivity index (χ3v) is 6.00. The molecule has 1 fully saturated rings. The zero-order chi connectivity index (χ0) is 19.1. The van der Waals surface area contributed by atoms with Crippen LogP contribution in [-0.4, -0.2) is 46.2 Å². The zero-order valence-corrected chi connectivity index (χ0v) is 15.7. The molecule has 28 heavy (non-hydrogen) atoms. The number of hydrogen-bond donors (Lipinski definition) is 1. The monoisotopic (exact) mass is 373 g/mol. The Morgan fingerprint density at radius 1 is 1.00 bits per heavy atom. The molecule has 2 aromatic carbocycles. The van der Waals surface area contributed by atoms with Gasteiger partial charge in [-0.15, -0.1) is 0 Å². The molecule has 1 unspecified atom stereocenters. The number of benzene rings is 2. The van der Waals surface area contributed by atoms with Gasteiger partial charge in [-0.2, -0.15) is 0 Å². The van der Waals surface area contributed by atoms with Gasteiger partial charge in [0.05, 0.1) is 6.04 Å². The SMILES string of the molecule is O=C(CCN1C(=O)c2ccccc2C1c1c[nH]c2ccccc12)N1CCCC1. The number of aromatic amines is 1. The molecule has 5 nitrogen and oxygen atoms in total. The van der Waals surface area contributed by atoms with Crippen LogP contribution in [0.4, 0.5) is 0 Å². The number of hydrogen-bond acceptors (Lipinski definition) is 2. The van der Waals surface area contributed by atoms with E-state index in [1.807, 2.05) is 58.5 Å². The van der Waals surface area contributed by atoms with Crippen LogP contribution in [0.3, 0.4) is 0 Å². The van der Waals surface area contributed by atoms with Gasteiger partial charge in [0.25, 0.3) is 5.91 Å². The first-order chi connectivity index (χ1) is 13.7. The highest BCUT2D eigenvalue weighted by Gasteiger charge is 2.38. The van der Waals surface area contributed by atoms with Crippen molar-refractivity contribution in [2.24, 2.45) is 0 Å². The average molecular weight is 373 g/mol. The molecule has 2 aliphatic heterocycles. The van der Waals surface area contributed by atoms with E-state index in [0.717, 1.165) is 53.5 Å². The number of carbonyl (C=O) groups is 2. The number of nitrogens with zero attached hydrogens (tertiary/aromatic N) is 2. The van der Waals surface area contributed by atoms with Crippen LogP contribution in [0.5, 0.6) is 0 Å². The van der Waals surface area contributed by atoms with Gasteiger partial charge in [-0.05, 0) is 30.5 Å². The lowest BCUT2D eigenvalue weighted by Gasteiger charge is -2.26. The van der Waals surface area contributed by atoms with Crippen molar-refractivity contribution in [2.45, 2.75) is 25.3 Å². The van der Waals surface area contributed by atoms with Gasteiger partial charge in [-0.3, -0.25) is 9.59 Å². The number of rotatable bonds is 4. The summed E-state index contributed by atoms with van der Waals surface area (Å²) in [7, 11) is 0. The lowest BCUT2D eigenvalue weighted by atomic mass is 9.97. The summed E-state index contributed by atoms with van der Waals surface area (Å²) in [6, 6.07) is 15.8. The van der Waals surface area contributed by atoms with Crippen molar-refractivity contribution in [3.05, 3.63) is 71.4 Å². The molecule has 1 aromatic heterocycles. The van der Waals surface area contributed by atoms with Gasteiger partial charge in [-0.25, -0.2) is 0 Å². The summed E-state index contributed by atoms with van der Waals surface area (Å²) in [6.45, 7) is 2.13. The van der Waals surface area contributed by atoms with Gasteiger partial charge >= 0.3 is 0 Å². The van der Waals surface area contributed by atoms with E-state index < -0.39 is 0 Å². The maximum Gasteiger partial charge on any atom is 0.255 e. The predicted molar refractivity (Wildman–Crippen MR) is 108 cm³/mol. The maximum absolute atomic E-state index is 13.2. The molecule has 5 heteroatoms. The number of H-pyrrole nitrogens is 1. The van der Waals surface area contributed by atoms with Crippen molar-refractivity contribution in [1.29, 1.82) is 0 Å². The average Bonchev–Trinajstić information content (AvgIpc) is 3.45. The van der Waals surface area contributed by atoms with Gasteiger partial charge < -0.3 is 14.8 Å². The van der Waals surface area contributed by atoms with Gasteiger partial charge in [0.2, 0.25) is 5.91 Å². The topological polar surface area (TPSA) is 56.4 Å². The molecule has 0 radical (unpaired) electrons. The molecule has 0 spiro atoms. The summed E-state index contributed by atoms with van der Waals surface area (Å²) in [5.41, 5.74) is 3.90. The summed E-state index contributed by atoms with van der Waals surface area (Å²) in [6.07, 6.45) is 4.54. The third kappa shape index (κ3) is 2.70. The molecule has 1 N–H and O–H groups in total. The summed E-state index contributed by atoms with van der Waals surface area (Å²) in [5, 5.41) is 1.12. The lowest BCUT2D eigenvalue weighted by molar-refractivity contribution is -0.130. The van der Waals surface area contributed by atoms with E-state index in [-0.39, 0.29) is 17.9 Å². The minimum Gasteiger partial charge on any atom is -0.361 e. The molecule has 142 valence electrons. The van der Waals surface area contributed by atoms with Crippen molar-refractivity contribution in [3.63, 3.8) is 0 Å². The van der Waals surface area contributed by atoms with E-state index in [0.29, 0.717) is 13.0 Å². The normalized spacial score (nSPS) is 18.9. The highest BCUT2D eigenvalue weighted by atomic mass is 16.2. The van der Waals surface area contributed by atoms with Crippen LogP contribution < -0.4 is 0 Å². The van der Waals surface area contributed by atoms with Crippen LogP contribution in [0, 0.1) is 0 Å². The van der Waals surface area contributed by atoms with E-state index in [9.17, 15) is 9.59 Å². The first kappa shape index (κ1) is 17.0. The lowest BCUT2D eigenvalue weighted by Crippen LogP contribution is -2.35. The molecular formula is C23H23N3O2. The van der Waals surface area contributed by atoms with E-state index in [1.165, 1.54) is 0 Å². The Balaban J connectivity index is 1.50. The fourth-order valence-corrected chi connectivity index (χ4v) is 4.60. The molecule has 0 aliphatic carbocycles. The molecule has 0 saturated carbocycles. The molecule has 2 amide bonds. The Morgan fingerprint density at radius 2 is 1.75 bits per heavy atom. The van der Waals surface area contributed by atoms with Crippen molar-refractivity contribution < 1.29 is 9.59 Å².